The molecule has 0 bridgehead atoms. The standard InChI is InChI=1S/C21H36N2O2S2/c1-5-7-8-9-10-11-12-13-14-15-22-21(26)23-19-18(20(24)25-4)17(6-2)16(3)27-19/h5-15H2,1-4H3,(H2,22,23,26). The molecule has 1 aromatic heterocycles. The zero-order valence-electron chi connectivity index (χ0n) is 17.4. The van der Waals surface area contributed by atoms with Crippen molar-refractivity contribution in [3.05, 3.63) is 16.0 Å². The first-order chi connectivity index (χ1) is 13.0. The number of esters is 1. The Kier molecular flexibility index (Phi) is 12.3. The van der Waals surface area contributed by atoms with Gasteiger partial charge in [0.1, 0.15) is 5.00 Å². The summed E-state index contributed by atoms with van der Waals surface area (Å²) in [6.45, 7) is 7.19. The second-order valence-electron chi connectivity index (χ2n) is 6.90. The zero-order valence-corrected chi connectivity index (χ0v) is 19.0. The Hall–Kier alpha value is -1.14. The van der Waals surface area contributed by atoms with Crippen LogP contribution in [0, 0.1) is 6.92 Å². The van der Waals surface area contributed by atoms with E-state index in [1.807, 2.05) is 13.8 Å². The van der Waals surface area contributed by atoms with Gasteiger partial charge in [0, 0.05) is 11.4 Å². The molecule has 0 aliphatic heterocycles. The van der Waals surface area contributed by atoms with E-state index in [2.05, 4.69) is 17.6 Å². The lowest BCUT2D eigenvalue weighted by atomic mass is 10.1. The van der Waals surface area contributed by atoms with E-state index in [-0.39, 0.29) is 5.97 Å². The van der Waals surface area contributed by atoms with E-state index >= 15 is 0 Å². The Bertz CT molecular complexity index is 585. The third-order valence-electron chi connectivity index (χ3n) is 4.74. The number of aryl methyl sites for hydroxylation is 1. The molecule has 2 N–H and O–H groups in total. The molecule has 0 aliphatic rings. The molecule has 27 heavy (non-hydrogen) atoms. The highest BCUT2D eigenvalue weighted by molar-refractivity contribution is 7.80. The van der Waals surface area contributed by atoms with Crippen LogP contribution in [0.5, 0.6) is 0 Å². The van der Waals surface area contributed by atoms with Gasteiger partial charge < -0.3 is 15.4 Å². The molecule has 6 heteroatoms. The number of unbranched alkanes of at least 4 members (excludes halogenated alkanes) is 8. The van der Waals surface area contributed by atoms with Crippen molar-refractivity contribution in [3.63, 3.8) is 0 Å². The second kappa shape index (κ2) is 13.9. The molecule has 0 aromatic carbocycles. The Morgan fingerprint density at radius 3 is 2.19 bits per heavy atom. The van der Waals surface area contributed by atoms with Crippen molar-refractivity contribution >= 4 is 39.6 Å². The Morgan fingerprint density at radius 1 is 1.04 bits per heavy atom. The first-order valence-electron chi connectivity index (χ1n) is 10.3. The van der Waals surface area contributed by atoms with Crippen molar-refractivity contribution in [1.82, 2.24) is 5.32 Å². The minimum atomic E-state index is -0.305. The molecular weight excluding hydrogens is 376 g/mol. The Balaban J connectivity index is 2.30. The van der Waals surface area contributed by atoms with Crippen molar-refractivity contribution in [3.8, 4) is 0 Å². The SMILES string of the molecule is CCCCCCCCCCCNC(=S)Nc1sc(C)c(CC)c1C(=O)OC. The number of hydrogen-bond acceptors (Lipinski definition) is 4. The lowest BCUT2D eigenvalue weighted by Gasteiger charge is -2.11. The fraction of sp³-hybridized carbons (Fsp3) is 0.714. The van der Waals surface area contributed by atoms with E-state index in [0.717, 1.165) is 34.8 Å². The second-order valence-corrected chi connectivity index (χ2v) is 8.53. The summed E-state index contributed by atoms with van der Waals surface area (Å²) in [4.78, 5) is 13.3. The largest absolute Gasteiger partial charge is 0.465 e. The molecule has 0 aliphatic carbocycles. The summed E-state index contributed by atoms with van der Waals surface area (Å²) in [6, 6.07) is 0. The summed E-state index contributed by atoms with van der Waals surface area (Å²) in [6.07, 6.45) is 12.6. The van der Waals surface area contributed by atoms with Gasteiger partial charge in [-0.3, -0.25) is 0 Å². The van der Waals surface area contributed by atoms with Gasteiger partial charge in [-0.25, -0.2) is 4.79 Å². The van der Waals surface area contributed by atoms with Crippen LogP contribution in [0.25, 0.3) is 0 Å². The van der Waals surface area contributed by atoms with E-state index in [0.29, 0.717) is 10.7 Å². The van der Waals surface area contributed by atoms with Crippen LogP contribution in [0.3, 0.4) is 0 Å². The average Bonchev–Trinajstić information content (AvgIpc) is 2.97. The van der Waals surface area contributed by atoms with Crippen molar-refractivity contribution in [2.75, 3.05) is 19.0 Å². The summed E-state index contributed by atoms with van der Waals surface area (Å²) < 4.78 is 4.95. The maximum atomic E-state index is 12.1. The number of hydrogen-bond donors (Lipinski definition) is 2. The van der Waals surface area contributed by atoms with Crippen molar-refractivity contribution in [1.29, 1.82) is 0 Å². The number of methoxy groups -OCH3 is 1. The van der Waals surface area contributed by atoms with Gasteiger partial charge in [-0.05, 0) is 37.5 Å². The molecular formula is C21H36N2O2S2. The number of anilines is 1. The molecule has 1 aromatic rings. The highest BCUT2D eigenvalue weighted by atomic mass is 32.1. The molecule has 1 heterocycles. The molecule has 0 atom stereocenters. The molecule has 1 rings (SSSR count). The lowest BCUT2D eigenvalue weighted by molar-refractivity contribution is 0.0601. The number of carbonyl (C=O) groups excluding carboxylic acids is 1. The van der Waals surface area contributed by atoms with E-state index in [1.54, 1.807) is 11.3 Å². The molecule has 0 saturated heterocycles. The quantitative estimate of drug-likeness (QED) is 0.229. The Labute approximate surface area is 174 Å². The normalized spacial score (nSPS) is 10.7. The number of thiophene rings is 1. The number of thiocarbonyl (C=S) groups is 1. The summed E-state index contributed by atoms with van der Waals surface area (Å²) in [7, 11) is 1.42. The molecule has 0 saturated carbocycles. The first kappa shape index (κ1) is 23.9. The van der Waals surface area contributed by atoms with Gasteiger partial charge in [-0.15, -0.1) is 11.3 Å². The van der Waals surface area contributed by atoms with Gasteiger partial charge in [-0.1, -0.05) is 65.2 Å². The van der Waals surface area contributed by atoms with Crippen LogP contribution in [-0.2, 0) is 11.2 Å². The predicted octanol–water partition coefficient (Wildman–Crippen LogP) is 6.22. The van der Waals surface area contributed by atoms with Gasteiger partial charge >= 0.3 is 5.97 Å². The molecule has 0 amide bonds. The fourth-order valence-electron chi connectivity index (χ4n) is 3.20. The predicted molar refractivity (Wildman–Crippen MR) is 121 cm³/mol. The first-order valence-corrected chi connectivity index (χ1v) is 11.5. The number of ether oxygens (including phenoxy) is 1. The lowest BCUT2D eigenvalue weighted by Crippen LogP contribution is -2.29. The smallest absolute Gasteiger partial charge is 0.341 e. The van der Waals surface area contributed by atoms with E-state index in [4.69, 9.17) is 17.0 Å². The molecule has 4 nitrogen and oxygen atoms in total. The van der Waals surface area contributed by atoms with Crippen LogP contribution in [0.4, 0.5) is 5.00 Å². The zero-order chi connectivity index (χ0) is 20.1. The van der Waals surface area contributed by atoms with E-state index in [1.165, 1.54) is 58.5 Å². The molecule has 0 spiro atoms. The average molecular weight is 413 g/mol. The van der Waals surface area contributed by atoms with Gasteiger partial charge in [-0.2, -0.15) is 0 Å². The third kappa shape index (κ3) is 8.60. The van der Waals surface area contributed by atoms with Gasteiger partial charge in [0.25, 0.3) is 0 Å². The molecule has 0 fully saturated rings. The fourth-order valence-corrected chi connectivity index (χ4v) is 4.60. The van der Waals surface area contributed by atoms with Crippen molar-refractivity contribution < 1.29 is 9.53 Å². The maximum absolute atomic E-state index is 12.1. The third-order valence-corrected chi connectivity index (χ3v) is 6.05. The van der Waals surface area contributed by atoms with Gasteiger partial charge in [0.05, 0.1) is 12.7 Å². The highest BCUT2D eigenvalue weighted by Crippen LogP contribution is 2.33. The van der Waals surface area contributed by atoms with Crippen LogP contribution >= 0.6 is 23.6 Å². The monoisotopic (exact) mass is 412 g/mol. The number of carbonyl (C=O) groups is 1. The minimum absolute atomic E-state index is 0.305. The topological polar surface area (TPSA) is 50.4 Å². The van der Waals surface area contributed by atoms with Gasteiger partial charge in [0.2, 0.25) is 0 Å². The Morgan fingerprint density at radius 2 is 1.63 bits per heavy atom. The minimum Gasteiger partial charge on any atom is -0.465 e. The summed E-state index contributed by atoms with van der Waals surface area (Å²) >= 11 is 6.96. The van der Waals surface area contributed by atoms with Gasteiger partial charge in [0.15, 0.2) is 5.11 Å². The molecule has 154 valence electrons. The number of rotatable bonds is 13. The van der Waals surface area contributed by atoms with Crippen LogP contribution in [0.15, 0.2) is 0 Å². The summed E-state index contributed by atoms with van der Waals surface area (Å²) in [5.41, 5.74) is 1.66. The number of nitrogens with one attached hydrogen (secondary N) is 2. The van der Waals surface area contributed by atoms with E-state index < -0.39 is 0 Å². The van der Waals surface area contributed by atoms with Crippen LogP contribution in [-0.4, -0.2) is 24.7 Å². The highest BCUT2D eigenvalue weighted by Gasteiger charge is 2.22. The van der Waals surface area contributed by atoms with Crippen LogP contribution < -0.4 is 10.6 Å². The van der Waals surface area contributed by atoms with Crippen molar-refractivity contribution in [2.45, 2.75) is 85.0 Å². The van der Waals surface area contributed by atoms with Crippen LogP contribution in [0.2, 0.25) is 0 Å². The van der Waals surface area contributed by atoms with E-state index in [9.17, 15) is 4.79 Å². The molecule has 0 unspecified atom stereocenters. The summed E-state index contributed by atoms with van der Waals surface area (Å²) in [5, 5.41) is 7.80. The molecule has 0 radical (unpaired) electrons. The maximum Gasteiger partial charge on any atom is 0.341 e. The summed E-state index contributed by atoms with van der Waals surface area (Å²) in [5.74, 6) is -0.305. The van der Waals surface area contributed by atoms with Crippen LogP contribution in [0.1, 0.15) is 92.4 Å². The van der Waals surface area contributed by atoms with Crippen molar-refractivity contribution in [2.24, 2.45) is 0 Å².